The van der Waals surface area contributed by atoms with E-state index in [9.17, 15) is 29.0 Å². The van der Waals surface area contributed by atoms with Crippen molar-refractivity contribution in [2.24, 2.45) is 56.2 Å². The van der Waals surface area contributed by atoms with Gasteiger partial charge >= 0.3 is 11.9 Å². The summed E-state index contributed by atoms with van der Waals surface area (Å²) in [4.78, 5) is 38.8. The van der Waals surface area contributed by atoms with Crippen molar-refractivity contribution in [3.05, 3.63) is 45.7 Å². The van der Waals surface area contributed by atoms with E-state index in [2.05, 4.69) is 53.8 Å². The van der Waals surface area contributed by atoms with Gasteiger partial charge in [0.1, 0.15) is 11.9 Å². The van der Waals surface area contributed by atoms with E-state index in [1.165, 1.54) is 11.6 Å². The van der Waals surface area contributed by atoms with E-state index in [4.69, 9.17) is 16.3 Å². The van der Waals surface area contributed by atoms with Gasteiger partial charge in [-0.25, -0.2) is 4.39 Å². The van der Waals surface area contributed by atoms with Crippen LogP contribution in [-0.4, -0.2) is 46.7 Å². The van der Waals surface area contributed by atoms with Crippen LogP contribution in [0.1, 0.15) is 132 Å². The minimum absolute atomic E-state index is 0.00641. The molecule has 53 heavy (non-hydrogen) atoms. The third-order valence-electron chi connectivity index (χ3n) is 16.2. The van der Waals surface area contributed by atoms with Crippen LogP contribution in [0.25, 0.3) is 0 Å². The minimum atomic E-state index is -1.18. The molecular weight excluding hydrogens is 693 g/mol. The number of carboxylic acids is 1. The minimum Gasteiger partial charge on any atom is -0.481 e. The van der Waals surface area contributed by atoms with Crippen LogP contribution in [0.2, 0.25) is 5.02 Å². The highest BCUT2D eigenvalue weighted by Crippen LogP contribution is 2.77. The number of carbonyl (C=O) groups is 3. The molecule has 7 nitrogen and oxygen atoms in total. The van der Waals surface area contributed by atoms with Gasteiger partial charge < -0.3 is 20.3 Å². The van der Waals surface area contributed by atoms with Gasteiger partial charge in [-0.15, -0.1) is 0 Å². The lowest BCUT2D eigenvalue weighted by atomic mass is 9.33. The van der Waals surface area contributed by atoms with E-state index in [0.29, 0.717) is 23.8 Å². The Labute approximate surface area is 321 Å². The van der Waals surface area contributed by atoms with Crippen molar-refractivity contribution in [3.63, 3.8) is 0 Å². The molecule has 0 saturated heterocycles. The molecule has 0 heterocycles. The molecule has 0 unspecified atom stereocenters. The van der Waals surface area contributed by atoms with Gasteiger partial charge in [-0.05, 0) is 117 Å². The molecule has 5 aliphatic rings. The number of aliphatic carboxylic acids is 1. The summed E-state index contributed by atoms with van der Waals surface area (Å²) < 4.78 is 20.8. The van der Waals surface area contributed by atoms with Crippen LogP contribution in [-0.2, 0) is 25.7 Å². The van der Waals surface area contributed by atoms with Gasteiger partial charge in [0.15, 0.2) is 5.78 Å². The van der Waals surface area contributed by atoms with E-state index in [-0.39, 0.29) is 69.9 Å². The van der Waals surface area contributed by atoms with Crippen LogP contribution in [0, 0.1) is 62.0 Å². The molecule has 0 aliphatic heterocycles. The number of benzene rings is 1. The molecule has 0 aromatic heterocycles. The highest BCUT2D eigenvalue weighted by Gasteiger charge is 2.70. The highest BCUT2D eigenvalue weighted by molar-refractivity contribution is 6.30. The Bertz CT molecular complexity index is 1690. The van der Waals surface area contributed by atoms with Crippen LogP contribution in [0.4, 0.5) is 4.39 Å². The van der Waals surface area contributed by atoms with Gasteiger partial charge in [-0.1, -0.05) is 77.8 Å². The van der Waals surface area contributed by atoms with Crippen LogP contribution in [0.5, 0.6) is 0 Å². The summed E-state index contributed by atoms with van der Waals surface area (Å²) in [6.07, 6.45) is 6.56. The molecular formula is C44H63ClFNO6. The summed E-state index contributed by atoms with van der Waals surface area (Å²) >= 11 is 6.03. The molecule has 0 bridgehead atoms. The first kappa shape index (κ1) is 40.4. The predicted octanol–water partition coefficient (Wildman–Crippen LogP) is 9.32. The van der Waals surface area contributed by atoms with E-state index < -0.39 is 34.7 Å². The van der Waals surface area contributed by atoms with Gasteiger partial charge in [0.05, 0.1) is 23.0 Å². The Kier molecular flexibility index (Phi) is 10.5. The quantitative estimate of drug-likeness (QED) is 0.204. The van der Waals surface area contributed by atoms with Gasteiger partial charge in [-0.2, -0.15) is 0 Å². The third-order valence-corrected chi connectivity index (χ3v) is 16.5. The maximum Gasteiger partial charge on any atom is 0.309 e. The second-order valence-corrected chi connectivity index (χ2v) is 20.3. The van der Waals surface area contributed by atoms with Gasteiger partial charge in [0.2, 0.25) is 0 Å². The average Bonchev–Trinajstić information content (AvgIpc) is 3.37. The second kappa shape index (κ2) is 13.7. The van der Waals surface area contributed by atoms with E-state index in [1.807, 2.05) is 0 Å². The zero-order valence-electron chi connectivity index (χ0n) is 33.5. The Balaban J connectivity index is 1.26. The Morgan fingerprint density at radius 3 is 2.36 bits per heavy atom. The number of rotatable bonds is 10. The summed E-state index contributed by atoms with van der Waals surface area (Å²) in [7, 11) is 0. The predicted molar refractivity (Wildman–Crippen MR) is 204 cm³/mol. The number of carbonyl (C=O) groups excluding carboxylic acids is 2. The van der Waals surface area contributed by atoms with Crippen LogP contribution in [0.15, 0.2) is 29.3 Å². The Morgan fingerprint density at radius 1 is 1.00 bits per heavy atom. The van der Waals surface area contributed by atoms with Crippen molar-refractivity contribution in [3.8, 4) is 0 Å². The number of aliphatic hydroxyl groups excluding tert-OH is 1. The number of aliphatic hydroxyl groups is 1. The first-order chi connectivity index (χ1) is 24.6. The van der Waals surface area contributed by atoms with Crippen molar-refractivity contribution in [2.75, 3.05) is 6.54 Å². The molecule has 3 N–H and O–H groups in total. The van der Waals surface area contributed by atoms with Crippen LogP contribution >= 0.6 is 11.6 Å². The number of ketones is 1. The standard InChI is InChI=1S/C44H63ClFNO6/c1-25(2)35-29(48)21-44(32(49)24-47-23-26-11-10-12-28(45)37(26)46)20-19-42(8)27(36(35)44)13-14-31-41(7)17-16-33(53-34(50)22-39(3,4)38(51)52)40(5,6)30(41)15-18-43(31,42)9/h10-12,25,27,30-33,47,49H,13-24H2,1-9H3,(H,51,52)/t27-,30+,31-,32+,33+,41+,42-,43-,44+/m1/s1. The van der Waals surface area contributed by atoms with Crippen molar-refractivity contribution < 1.29 is 33.7 Å². The lowest BCUT2D eigenvalue weighted by Crippen LogP contribution is -2.66. The van der Waals surface area contributed by atoms with Crippen molar-refractivity contribution in [1.29, 1.82) is 0 Å². The molecule has 0 radical (unpaired) electrons. The fourth-order valence-corrected chi connectivity index (χ4v) is 13.3. The molecule has 9 atom stereocenters. The van der Waals surface area contributed by atoms with E-state index in [1.54, 1.807) is 26.0 Å². The number of fused-ring (bicyclic) bond motifs is 7. The largest absolute Gasteiger partial charge is 0.481 e. The van der Waals surface area contributed by atoms with Crippen LogP contribution in [0.3, 0.4) is 0 Å². The molecule has 0 spiro atoms. The molecule has 1 aromatic carbocycles. The number of allylic oxidation sites excluding steroid dienone is 1. The summed E-state index contributed by atoms with van der Waals surface area (Å²) in [5.74, 6) is -0.695. The normalized spacial score (nSPS) is 37.0. The average molecular weight is 756 g/mol. The maximum atomic E-state index is 14.7. The first-order valence-electron chi connectivity index (χ1n) is 20.1. The summed E-state index contributed by atoms with van der Waals surface area (Å²) in [6, 6.07) is 4.95. The fourth-order valence-electron chi connectivity index (χ4n) is 13.1. The number of carboxylic acid groups (broad SMARTS) is 1. The second-order valence-electron chi connectivity index (χ2n) is 19.9. The van der Waals surface area contributed by atoms with Crippen molar-refractivity contribution in [1.82, 2.24) is 5.32 Å². The number of halogens is 2. The molecule has 4 fully saturated rings. The van der Waals surface area contributed by atoms with E-state index >= 15 is 0 Å². The lowest BCUT2D eigenvalue weighted by molar-refractivity contribution is -0.235. The number of hydrogen-bond donors (Lipinski definition) is 3. The molecule has 6 rings (SSSR count). The number of esters is 1. The monoisotopic (exact) mass is 755 g/mol. The summed E-state index contributed by atoms with van der Waals surface area (Å²) in [6.45, 7) is 19.9. The number of ether oxygens (including phenoxy) is 1. The fraction of sp³-hybridized carbons (Fsp3) is 0.750. The van der Waals surface area contributed by atoms with Crippen molar-refractivity contribution in [2.45, 2.75) is 145 Å². The summed E-state index contributed by atoms with van der Waals surface area (Å²) in [5, 5.41) is 25.1. The Morgan fingerprint density at radius 2 is 1.70 bits per heavy atom. The zero-order chi connectivity index (χ0) is 39.1. The third kappa shape index (κ3) is 6.24. The topological polar surface area (TPSA) is 113 Å². The van der Waals surface area contributed by atoms with E-state index in [0.717, 1.165) is 56.9 Å². The SMILES string of the molecule is CC(C)C1=C2[C@H]3CC[C@@H]4[C@@]5(C)CC[C@H](OC(=O)CC(C)(C)C(=O)O)C(C)(C)[C@@H]5CC[C@@]4(C)[C@]3(C)CC[C@@]2([C@@H](O)CNCc2cccc(Cl)c2F)CC1=O. The number of Topliss-reactive ketones (excluding diaryl/α,β-unsaturated/α-hetero) is 1. The molecule has 5 aliphatic carbocycles. The smallest absolute Gasteiger partial charge is 0.309 e. The van der Waals surface area contributed by atoms with Crippen LogP contribution < -0.4 is 5.32 Å². The first-order valence-corrected chi connectivity index (χ1v) is 20.5. The molecule has 4 saturated carbocycles. The molecule has 0 amide bonds. The zero-order valence-corrected chi connectivity index (χ0v) is 34.2. The molecule has 9 heteroatoms. The van der Waals surface area contributed by atoms with Gasteiger partial charge in [0.25, 0.3) is 0 Å². The molecule has 294 valence electrons. The molecule has 1 aromatic rings. The number of nitrogens with one attached hydrogen (secondary N) is 1. The lowest BCUT2D eigenvalue weighted by Gasteiger charge is -2.72. The maximum absolute atomic E-state index is 14.7. The van der Waals surface area contributed by atoms with Gasteiger partial charge in [0, 0.05) is 35.9 Å². The van der Waals surface area contributed by atoms with Crippen molar-refractivity contribution >= 4 is 29.3 Å². The Hall–Kier alpha value is -2.29. The van der Waals surface area contributed by atoms with Gasteiger partial charge in [-0.3, -0.25) is 14.4 Å². The summed E-state index contributed by atoms with van der Waals surface area (Å²) in [5.41, 5.74) is 0.471. The highest BCUT2D eigenvalue weighted by atomic mass is 35.5. The number of hydrogen-bond acceptors (Lipinski definition) is 6.